The highest BCUT2D eigenvalue weighted by Crippen LogP contribution is 2.36. The summed E-state index contributed by atoms with van der Waals surface area (Å²) in [6.45, 7) is 9.68. The van der Waals surface area contributed by atoms with Crippen LogP contribution >= 0.6 is 11.8 Å². The second-order valence-electron chi connectivity index (χ2n) is 8.78. The molecule has 0 spiro atoms. The lowest BCUT2D eigenvalue weighted by molar-refractivity contribution is 0.122. The molecule has 172 valence electrons. The monoisotopic (exact) mass is 455 g/mol. The van der Waals surface area contributed by atoms with Crippen molar-refractivity contribution in [3.05, 3.63) is 36.0 Å². The van der Waals surface area contributed by atoms with Crippen LogP contribution in [0.1, 0.15) is 45.7 Å². The van der Waals surface area contributed by atoms with Gasteiger partial charge in [-0.15, -0.1) is 11.8 Å². The first kappa shape index (κ1) is 22.9. The van der Waals surface area contributed by atoms with E-state index in [0.717, 1.165) is 54.4 Å². The van der Waals surface area contributed by atoms with Crippen LogP contribution in [0.4, 0.5) is 16.3 Å². The number of aromatic nitrogens is 2. The van der Waals surface area contributed by atoms with Gasteiger partial charge in [0, 0.05) is 36.4 Å². The zero-order valence-electron chi connectivity index (χ0n) is 19.2. The standard InChI is InChI=1S/C24H33N5O2S/c1-4-32-24(2,3)20-16-21(29-12-14-31-15-13-29)28-22(27-20)17-8-10-19(11-9-17)26-23(30)25-18-6-5-7-18/h8-11,16,18H,4-7,12-15H2,1-3H3,(H2,25,26,30). The largest absolute Gasteiger partial charge is 0.378 e. The van der Waals surface area contributed by atoms with Crippen molar-refractivity contribution >= 4 is 29.3 Å². The van der Waals surface area contributed by atoms with Gasteiger partial charge < -0.3 is 20.3 Å². The first-order chi connectivity index (χ1) is 15.4. The molecule has 2 fully saturated rings. The number of hydrogen-bond donors (Lipinski definition) is 2. The summed E-state index contributed by atoms with van der Waals surface area (Å²) < 4.78 is 5.41. The van der Waals surface area contributed by atoms with Crippen LogP contribution in [0.25, 0.3) is 11.4 Å². The molecule has 0 bridgehead atoms. The van der Waals surface area contributed by atoms with Gasteiger partial charge in [-0.1, -0.05) is 6.92 Å². The van der Waals surface area contributed by atoms with E-state index in [1.165, 1.54) is 6.42 Å². The van der Waals surface area contributed by atoms with E-state index in [4.69, 9.17) is 14.7 Å². The number of rotatable bonds is 7. The second kappa shape index (κ2) is 10.1. The molecule has 0 atom stereocenters. The van der Waals surface area contributed by atoms with E-state index in [1.54, 1.807) is 0 Å². The minimum atomic E-state index is -0.145. The smallest absolute Gasteiger partial charge is 0.319 e. The Bertz CT molecular complexity index is 924. The highest BCUT2D eigenvalue weighted by atomic mass is 32.2. The van der Waals surface area contributed by atoms with Gasteiger partial charge in [0.2, 0.25) is 0 Å². The van der Waals surface area contributed by atoms with Gasteiger partial charge in [-0.2, -0.15) is 0 Å². The molecule has 1 aromatic heterocycles. The van der Waals surface area contributed by atoms with Crippen molar-refractivity contribution in [2.24, 2.45) is 0 Å². The molecule has 2 amide bonds. The quantitative estimate of drug-likeness (QED) is 0.633. The predicted molar refractivity (Wildman–Crippen MR) is 131 cm³/mol. The number of thioether (sulfide) groups is 1. The zero-order chi connectivity index (χ0) is 22.6. The number of hydrogen-bond acceptors (Lipinski definition) is 6. The van der Waals surface area contributed by atoms with Gasteiger partial charge in [0.05, 0.1) is 23.7 Å². The van der Waals surface area contributed by atoms with Crippen molar-refractivity contribution in [3.63, 3.8) is 0 Å². The summed E-state index contributed by atoms with van der Waals surface area (Å²) in [5.41, 5.74) is 2.72. The lowest BCUT2D eigenvalue weighted by Crippen LogP contribution is -2.41. The van der Waals surface area contributed by atoms with Crippen LogP contribution in [0.3, 0.4) is 0 Å². The van der Waals surface area contributed by atoms with Crippen molar-refractivity contribution in [1.82, 2.24) is 15.3 Å². The summed E-state index contributed by atoms with van der Waals surface area (Å²) in [6, 6.07) is 10.1. The van der Waals surface area contributed by atoms with Gasteiger partial charge in [0.25, 0.3) is 0 Å². The molecule has 7 nitrogen and oxygen atoms in total. The second-order valence-corrected chi connectivity index (χ2v) is 10.7. The Kier molecular flexibility index (Phi) is 7.20. The van der Waals surface area contributed by atoms with Crippen LogP contribution in [0.5, 0.6) is 0 Å². The van der Waals surface area contributed by atoms with Crippen LogP contribution in [-0.2, 0) is 9.48 Å². The third-order valence-corrected chi connectivity index (χ3v) is 7.23. The Hall–Kier alpha value is -2.32. The van der Waals surface area contributed by atoms with E-state index in [1.807, 2.05) is 36.0 Å². The number of carbonyl (C=O) groups excluding carboxylic acids is 1. The predicted octanol–water partition coefficient (Wildman–Crippen LogP) is 4.64. The van der Waals surface area contributed by atoms with Crippen molar-refractivity contribution in [2.75, 3.05) is 42.3 Å². The van der Waals surface area contributed by atoms with E-state index in [-0.39, 0.29) is 10.8 Å². The maximum Gasteiger partial charge on any atom is 0.319 e. The summed E-state index contributed by atoms with van der Waals surface area (Å²) in [7, 11) is 0. The molecule has 1 aliphatic carbocycles. The Balaban J connectivity index is 1.57. The van der Waals surface area contributed by atoms with E-state index < -0.39 is 0 Å². The molecule has 2 aromatic rings. The number of amides is 2. The Morgan fingerprint density at radius 3 is 2.53 bits per heavy atom. The fourth-order valence-corrected chi connectivity index (χ4v) is 4.84. The van der Waals surface area contributed by atoms with Gasteiger partial charge in [0.1, 0.15) is 5.82 Å². The number of benzene rings is 1. The minimum Gasteiger partial charge on any atom is -0.378 e. The van der Waals surface area contributed by atoms with Gasteiger partial charge >= 0.3 is 6.03 Å². The highest BCUT2D eigenvalue weighted by Gasteiger charge is 2.26. The van der Waals surface area contributed by atoms with Gasteiger partial charge in [-0.05, 0) is 63.1 Å². The van der Waals surface area contributed by atoms with Crippen LogP contribution in [0.15, 0.2) is 30.3 Å². The number of nitrogens with one attached hydrogen (secondary N) is 2. The number of nitrogens with zero attached hydrogens (tertiary/aromatic N) is 3. The van der Waals surface area contributed by atoms with E-state index in [2.05, 4.69) is 42.4 Å². The van der Waals surface area contributed by atoms with Gasteiger partial charge in [0.15, 0.2) is 5.82 Å². The van der Waals surface area contributed by atoms with Gasteiger partial charge in [-0.3, -0.25) is 0 Å². The highest BCUT2D eigenvalue weighted by molar-refractivity contribution is 8.00. The van der Waals surface area contributed by atoms with Crippen molar-refractivity contribution in [3.8, 4) is 11.4 Å². The first-order valence-corrected chi connectivity index (χ1v) is 12.5. The minimum absolute atomic E-state index is 0.116. The molecule has 32 heavy (non-hydrogen) atoms. The SMILES string of the molecule is CCSC(C)(C)c1cc(N2CCOCC2)nc(-c2ccc(NC(=O)NC3CCC3)cc2)n1. The number of anilines is 2. The maximum absolute atomic E-state index is 12.1. The molecule has 2 heterocycles. The number of morpholine rings is 1. The van der Waals surface area contributed by atoms with E-state index >= 15 is 0 Å². The number of carbonyl (C=O) groups is 1. The maximum atomic E-state index is 12.1. The fourth-order valence-electron chi connectivity index (χ4n) is 3.87. The zero-order valence-corrected chi connectivity index (χ0v) is 20.0. The lowest BCUT2D eigenvalue weighted by Gasteiger charge is -2.30. The van der Waals surface area contributed by atoms with Crippen molar-refractivity contribution < 1.29 is 9.53 Å². The van der Waals surface area contributed by atoms with E-state index in [0.29, 0.717) is 25.1 Å². The molecular weight excluding hydrogens is 422 g/mol. The molecule has 2 N–H and O–H groups in total. The average molecular weight is 456 g/mol. The fraction of sp³-hybridized carbons (Fsp3) is 0.542. The summed E-state index contributed by atoms with van der Waals surface area (Å²) in [4.78, 5) is 24.3. The molecule has 1 saturated heterocycles. The Morgan fingerprint density at radius 1 is 1.19 bits per heavy atom. The summed E-state index contributed by atoms with van der Waals surface area (Å²) >= 11 is 1.88. The molecule has 4 rings (SSSR count). The van der Waals surface area contributed by atoms with Crippen molar-refractivity contribution in [1.29, 1.82) is 0 Å². The van der Waals surface area contributed by atoms with Crippen molar-refractivity contribution in [2.45, 2.75) is 50.8 Å². The molecule has 1 saturated carbocycles. The lowest BCUT2D eigenvalue weighted by atomic mass is 9.93. The third kappa shape index (κ3) is 5.53. The molecule has 8 heteroatoms. The molecule has 1 aliphatic heterocycles. The van der Waals surface area contributed by atoms with E-state index in [9.17, 15) is 4.79 Å². The number of ether oxygens (including phenoxy) is 1. The molecule has 0 radical (unpaired) electrons. The van der Waals surface area contributed by atoms with Crippen LogP contribution in [0, 0.1) is 0 Å². The molecule has 1 aromatic carbocycles. The normalized spacial score (nSPS) is 17.0. The number of urea groups is 1. The van der Waals surface area contributed by atoms with Crippen LogP contribution < -0.4 is 15.5 Å². The summed E-state index contributed by atoms with van der Waals surface area (Å²) in [5.74, 6) is 2.67. The summed E-state index contributed by atoms with van der Waals surface area (Å²) in [6.07, 6.45) is 3.33. The molecule has 2 aliphatic rings. The summed E-state index contributed by atoms with van der Waals surface area (Å²) in [5, 5.41) is 5.92. The van der Waals surface area contributed by atoms with Crippen LogP contribution in [0.2, 0.25) is 0 Å². The molecular formula is C24H33N5O2S. The third-order valence-electron chi connectivity index (χ3n) is 6.01. The topological polar surface area (TPSA) is 79.4 Å². The van der Waals surface area contributed by atoms with Gasteiger partial charge in [-0.25, -0.2) is 14.8 Å². The first-order valence-electron chi connectivity index (χ1n) is 11.5. The Labute approximate surface area is 194 Å². The molecule has 0 unspecified atom stereocenters. The average Bonchev–Trinajstić information content (AvgIpc) is 2.77. The Morgan fingerprint density at radius 2 is 1.91 bits per heavy atom. The van der Waals surface area contributed by atoms with Crippen LogP contribution in [-0.4, -0.2) is 54.1 Å².